The maximum absolute atomic E-state index is 14.5. The molecule has 2 N–H and O–H groups in total. The van der Waals surface area contributed by atoms with Gasteiger partial charge in [-0.1, -0.05) is 24.6 Å². The van der Waals surface area contributed by atoms with Crippen LogP contribution in [0.15, 0.2) is 46.7 Å². The molecule has 33 heavy (non-hydrogen) atoms. The number of pyridine rings is 1. The van der Waals surface area contributed by atoms with Gasteiger partial charge in [-0.2, -0.15) is 0 Å². The van der Waals surface area contributed by atoms with Crippen molar-refractivity contribution >= 4 is 23.4 Å². The van der Waals surface area contributed by atoms with Crippen LogP contribution in [0.2, 0.25) is 5.02 Å². The van der Waals surface area contributed by atoms with Gasteiger partial charge >= 0.3 is 5.97 Å². The van der Waals surface area contributed by atoms with E-state index in [0.717, 1.165) is 18.3 Å². The maximum atomic E-state index is 14.5. The molecule has 176 valence electrons. The van der Waals surface area contributed by atoms with Gasteiger partial charge in [-0.3, -0.25) is 9.89 Å². The number of nitrogens with one attached hydrogen (secondary N) is 1. The number of rotatable bonds is 8. The number of amidine groups is 1. The second-order valence-corrected chi connectivity index (χ2v) is 7.54. The van der Waals surface area contributed by atoms with Crippen LogP contribution in [-0.4, -0.2) is 60.1 Å². The minimum atomic E-state index is -1.09. The minimum Gasteiger partial charge on any atom is -0.466 e. The van der Waals surface area contributed by atoms with Crippen molar-refractivity contribution in [1.82, 2.24) is 15.2 Å². The molecule has 1 aliphatic heterocycles. The summed E-state index contributed by atoms with van der Waals surface area (Å²) in [7, 11) is 1.20. The Morgan fingerprint density at radius 2 is 2.03 bits per heavy atom. The number of nitrogens with zero attached hydrogens (tertiary/aromatic N) is 3. The van der Waals surface area contributed by atoms with Crippen molar-refractivity contribution < 1.29 is 27.8 Å². The molecule has 1 aliphatic rings. The lowest BCUT2D eigenvalue weighted by molar-refractivity contribution is -0.136. The quantitative estimate of drug-likeness (QED) is 0.563. The summed E-state index contributed by atoms with van der Waals surface area (Å²) in [5, 5.41) is 12.3. The summed E-state index contributed by atoms with van der Waals surface area (Å²) in [6.45, 7) is 2.70. The fraction of sp³-hybridized carbons (Fsp3) is 0.318. The third kappa shape index (κ3) is 5.52. The molecule has 0 amide bonds. The van der Waals surface area contributed by atoms with Crippen LogP contribution < -0.4 is 5.32 Å². The van der Waals surface area contributed by atoms with E-state index in [2.05, 4.69) is 15.3 Å². The van der Waals surface area contributed by atoms with Crippen molar-refractivity contribution in [3.8, 4) is 0 Å². The molecule has 2 aromatic rings. The molecule has 7 nitrogen and oxygen atoms in total. The summed E-state index contributed by atoms with van der Waals surface area (Å²) in [5.41, 5.74) is 0.390. The van der Waals surface area contributed by atoms with Crippen molar-refractivity contribution in [3.63, 3.8) is 0 Å². The molecule has 2 heterocycles. The van der Waals surface area contributed by atoms with Crippen molar-refractivity contribution in [3.05, 3.63) is 75.5 Å². The van der Waals surface area contributed by atoms with E-state index in [1.165, 1.54) is 13.2 Å². The summed E-state index contributed by atoms with van der Waals surface area (Å²) >= 11 is 6.27. The molecule has 0 unspecified atom stereocenters. The van der Waals surface area contributed by atoms with E-state index in [0.29, 0.717) is 24.9 Å². The first-order valence-electron chi connectivity index (χ1n) is 10.0. The van der Waals surface area contributed by atoms with Crippen LogP contribution in [-0.2, 0) is 9.53 Å². The minimum absolute atomic E-state index is 0.000922. The molecule has 11 heteroatoms. The molecule has 0 fully saturated rings. The highest BCUT2D eigenvalue weighted by Crippen LogP contribution is 2.36. The van der Waals surface area contributed by atoms with E-state index in [9.17, 15) is 23.1 Å². The lowest BCUT2D eigenvalue weighted by Gasteiger charge is -2.30. The average molecular weight is 483 g/mol. The zero-order valence-corrected chi connectivity index (χ0v) is 18.7. The second kappa shape index (κ2) is 10.8. The van der Waals surface area contributed by atoms with Crippen LogP contribution in [0.3, 0.4) is 0 Å². The Kier molecular flexibility index (Phi) is 8.06. The third-order valence-electron chi connectivity index (χ3n) is 5.07. The predicted octanol–water partition coefficient (Wildman–Crippen LogP) is 2.98. The van der Waals surface area contributed by atoms with Crippen LogP contribution >= 0.6 is 11.6 Å². The Morgan fingerprint density at radius 1 is 1.27 bits per heavy atom. The van der Waals surface area contributed by atoms with Crippen LogP contribution in [0.5, 0.6) is 0 Å². The number of aliphatic hydroxyl groups excluding tert-OH is 1. The van der Waals surface area contributed by atoms with Crippen LogP contribution in [0, 0.1) is 17.5 Å². The number of methoxy groups -OCH3 is 1. The number of benzene rings is 1. The van der Waals surface area contributed by atoms with Crippen molar-refractivity contribution in [2.24, 2.45) is 4.99 Å². The van der Waals surface area contributed by atoms with Gasteiger partial charge in [0.05, 0.1) is 25.5 Å². The van der Waals surface area contributed by atoms with Crippen molar-refractivity contribution in [2.45, 2.75) is 13.0 Å². The van der Waals surface area contributed by atoms with Gasteiger partial charge in [-0.25, -0.2) is 22.9 Å². The van der Waals surface area contributed by atoms with Crippen molar-refractivity contribution in [2.75, 3.05) is 33.4 Å². The Labute approximate surface area is 193 Å². The summed E-state index contributed by atoms with van der Waals surface area (Å²) in [4.78, 5) is 22.9. The van der Waals surface area contributed by atoms with Gasteiger partial charge in [0.15, 0.2) is 11.7 Å². The molecule has 0 bridgehead atoms. The fourth-order valence-corrected chi connectivity index (χ4v) is 3.71. The van der Waals surface area contributed by atoms with Gasteiger partial charge in [0.1, 0.15) is 23.4 Å². The average Bonchev–Trinajstić information content (AvgIpc) is 2.77. The highest BCUT2D eigenvalue weighted by molar-refractivity contribution is 6.31. The highest BCUT2D eigenvalue weighted by Gasteiger charge is 2.34. The topological polar surface area (TPSA) is 87.0 Å². The number of aliphatic imine (C=N–C) groups is 1. The number of ether oxygens (including phenoxy) is 1. The largest absolute Gasteiger partial charge is 0.466 e. The first kappa shape index (κ1) is 24.7. The number of carbonyl (C=O) groups is 1. The lowest BCUT2D eigenvalue weighted by Crippen LogP contribution is -2.41. The fourth-order valence-electron chi connectivity index (χ4n) is 3.44. The van der Waals surface area contributed by atoms with Gasteiger partial charge in [0.25, 0.3) is 0 Å². The van der Waals surface area contributed by atoms with E-state index >= 15 is 0 Å². The Hall–Kier alpha value is -2.95. The number of halogens is 4. The zero-order valence-electron chi connectivity index (χ0n) is 17.9. The van der Waals surface area contributed by atoms with E-state index in [4.69, 9.17) is 16.3 Å². The van der Waals surface area contributed by atoms with Gasteiger partial charge in [0.2, 0.25) is 0 Å². The Bertz CT molecular complexity index is 1110. The van der Waals surface area contributed by atoms with E-state index in [-0.39, 0.29) is 40.8 Å². The molecule has 0 spiro atoms. The van der Waals surface area contributed by atoms with Gasteiger partial charge in [-0.05, 0) is 18.7 Å². The SMILES string of the molecule is CCN(CCO)CC1=C(C(=O)OC)[C@H](c2ccc(F)cc2Cl)N=C(c2ncc(F)cc2F)N1. The van der Waals surface area contributed by atoms with Gasteiger partial charge < -0.3 is 15.2 Å². The molecular formula is C22H22ClF3N4O3. The predicted molar refractivity (Wildman–Crippen MR) is 116 cm³/mol. The van der Waals surface area contributed by atoms with Crippen molar-refractivity contribution in [1.29, 1.82) is 0 Å². The first-order chi connectivity index (χ1) is 15.8. The maximum Gasteiger partial charge on any atom is 0.338 e. The molecule has 0 saturated heterocycles. The summed E-state index contributed by atoms with van der Waals surface area (Å²) in [5.74, 6) is -3.21. The summed E-state index contributed by atoms with van der Waals surface area (Å²) < 4.78 is 46.6. The first-order valence-corrected chi connectivity index (χ1v) is 10.4. The van der Waals surface area contributed by atoms with Gasteiger partial charge in [0, 0.05) is 35.4 Å². The zero-order chi connectivity index (χ0) is 24.1. The standard InChI is InChI=1S/C22H22ClF3N4O3/c1-3-30(6-7-31)11-17-18(22(32)33-2)19(14-5-4-12(24)8-15(14)23)29-21(28-17)20-16(26)9-13(25)10-27-20/h4-5,8-10,19,31H,3,6-7,11H2,1-2H3,(H,28,29)/t19-/m0/s1. The number of hydrogen-bond acceptors (Lipinski definition) is 7. The van der Waals surface area contributed by atoms with E-state index in [1.807, 2.05) is 11.8 Å². The molecule has 0 saturated carbocycles. The number of carbonyl (C=O) groups excluding carboxylic acids is 1. The molecule has 1 atom stereocenters. The monoisotopic (exact) mass is 482 g/mol. The second-order valence-electron chi connectivity index (χ2n) is 7.13. The third-order valence-corrected chi connectivity index (χ3v) is 5.39. The molecule has 0 aliphatic carbocycles. The smallest absolute Gasteiger partial charge is 0.338 e. The molecule has 1 aromatic carbocycles. The number of likely N-dealkylation sites (N-methyl/N-ethyl adjacent to an activating group) is 1. The molecule has 1 aromatic heterocycles. The highest BCUT2D eigenvalue weighted by atomic mass is 35.5. The Morgan fingerprint density at radius 3 is 2.64 bits per heavy atom. The van der Waals surface area contributed by atoms with Gasteiger partial charge in [-0.15, -0.1) is 0 Å². The number of hydrogen-bond donors (Lipinski definition) is 2. The number of aliphatic hydroxyl groups is 1. The summed E-state index contributed by atoms with van der Waals surface area (Å²) in [6, 6.07) is 3.18. The van der Waals surface area contributed by atoms with Crippen LogP contribution in [0.1, 0.15) is 24.2 Å². The molecular weight excluding hydrogens is 461 g/mol. The Balaban J connectivity index is 2.21. The van der Waals surface area contributed by atoms with Crippen LogP contribution in [0.4, 0.5) is 13.2 Å². The van der Waals surface area contributed by atoms with Crippen LogP contribution in [0.25, 0.3) is 0 Å². The normalized spacial score (nSPS) is 16.0. The van der Waals surface area contributed by atoms with E-state index < -0.39 is 29.5 Å². The number of esters is 1. The lowest BCUT2D eigenvalue weighted by atomic mass is 9.95. The van der Waals surface area contributed by atoms with E-state index in [1.54, 1.807) is 0 Å². The summed E-state index contributed by atoms with van der Waals surface area (Å²) in [6.07, 6.45) is 0.839. The molecule has 3 rings (SSSR count). The number of aromatic nitrogens is 1. The molecule has 0 radical (unpaired) electrons.